The second-order valence-corrected chi connectivity index (χ2v) is 4.84. The summed E-state index contributed by atoms with van der Waals surface area (Å²) < 4.78 is 27.4. The van der Waals surface area contributed by atoms with Crippen molar-refractivity contribution in [2.75, 3.05) is 11.1 Å². The van der Waals surface area contributed by atoms with Crippen molar-refractivity contribution in [3.8, 4) is 0 Å². The van der Waals surface area contributed by atoms with E-state index in [-0.39, 0.29) is 22.1 Å². The lowest BCUT2D eigenvalue weighted by atomic mass is 10.2. The molecule has 2 aromatic rings. The molecule has 0 aliphatic rings. The molecule has 0 atom stereocenters. The highest BCUT2D eigenvalue weighted by Gasteiger charge is 2.11. The number of nitrogens with one attached hydrogen (secondary N) is 1. The van der Waals surface area contributed by atoms with Gasteiger partial charge in [0.2, 0.25) is 0 Å². The van der Waals surface area contributed by atoms with Crippen molar-refractivity contribution in [2.24, 2.45) is 0 Å². The Morgan fingerprint density at radius 2 is 1.89 bits per heavy atom. The van der Waals surface area contributed by atoms with Crippen LogP contribution >= 0.6 is 27.5 Å². The number of nitrogens with two attached hydrogens (primary N) is 1. The predicted octanol–water partition coefficient (Wildman–Crippen LogP) is 4.71. The smallest absolute Gasteiger partial charge is 0.147 e. The first kappa shape index (κ1) is 13.1. The van der Waals surface area contributed by atoms with E-state index in [2.05, 4.69) is 21.2 Å². The van der Waals surface area contributed by atoms with Crippen molar-refractivity contribution in [2.45, 2.75) is 0 Å². The van der Waals surface area contributed by atoms with E-state index in [4.69, 9.17) is 17.3 Å². The Balaban J connectivity index is 2.43. The number of hydrogen-bond acceptors (Lipinski definition) is 2. The van der Waals surface area contributed by atoms with Crippen molar-refractivity contribution in [1.29, 1.82) is 0 Å². The average Bonchev–Trinajstić information content (AvgIpc) is 2.30. The van der Waals surface area contributed by atoms with Gasteiger partial charge in [-0.2, -0.15) is 0 Å². The molecule has 0 bridgehead atoms. The molecule has 2 nitrogen and oxygen atoms in total. The van der Waals surface area contributed by atoms with E-state index in [0.29, 0.717) is 4.47 Å². The number of benzene rings is 2. The van der Waals surface area contributed by atoms with Crippen LogP contribution in [0.4, 0.5) is 25.8 Å². The molecule has 0 aromatic heterocycles. The van der Waals surface area contributed by atoms with Gasteiger partial charge in [-0.1, -0.05) is 17.7 Å². The van der Waals surface area contributed by atoms with Crippen LogP contribution in [0.1, 0.15) is 0 Å². The van der Waals surface area contributed by atoms with Gasteiger partial charge in [-0.05, 0) is 34.1 Å². The highest BCUT2D eigenvalue weighted by Crippen LogP contribution is 2.33. The molecule has 0 radical (unpaired) electrons. The maximum atomic E-state index is 13.6. The molecule has 0 saturated carbocycles. The fourth-order valence-corrected chi connectivity index (χ4v) is 2.04. The van der Waals surface area contributed by atoms with Gasteiger partial charge < -0.3 is 11.1 Å². The van der Waals surface area contributed by atoms with Gasteiger partial charge in [-0.15, -0.1) is 0 Å². The summed E-state index contributed by atoms with van der Waals surface area (Å²) in [6.45, 7) is 0. The largest absolute Gasteiger partial charge is 0.397 e. The monoisotopic (exact) mass is 332 g/mol. The lowest BCUT2D eigenvalue weighted by Crippen LogP contribution is -2.00. The quantitative estimate of drug-likeness (QED) is 0.781. The standard InChI is InChI=1S/C12H8BrClF2N2/c13-6-2-1-3-8(15)12(6)18-11-5-9(16)7(14)4-10(11)17/h1-5,18H,17H2. The van der Waals surface area contributed by atoms with Gasteiger partial charge in [0, 0.05) is 10.5 Å². The molecule has 2 rings (SSSR count). The first-order chi connectivity index (χ1) is 8.49. The lowest BCUT2D eigenvalue weighted by Gasteiger charge is -2.12. The van der Waals surface area contributed by atoms with Crippen LogP contribution in [-0.4, -0.2) is 0 Å². The Bertz CT molecular complexity index is 585. The van der Waals surface area contributed by atoms with Crippen molar-refractivity contribution in [3.63, 3.8) is 0 Å². The summed E-state index contributed by atoms with van der Waals surface area (Å²) >= 11 is 8.78. The average molecular weight is 334 g/mol. The molecule has 0 heterocycles. The second-order valence-electron chi connectivity index (χ2n) is 3.58. The Morgan fingerprint density at radius 1 is 1.17 bits per heavy atom. The van der Waals surface area contributed by atoms with Crippen molar-refractivity contribution in [3.05, 3.63) is 51.5 Å². The van der Waals surface area contributed by atoms with Gasteiger partial charge in [0.05, 0.1) is 22.1 Å². The van der Waals surface area contributed by atoms with E-state index in [1.54, 1.807) is 12.1 Å². The lowest BCUT2D eigenvalue weighted by molar-refractivity contribution is 0.627. The third kappa shape index (κ3) is 2.57. The minimum Gasteiger partial charge on any atom is -0.397 e. The van der Waals surface area contributed by atoms with Crippen LogP contribution in [0.5, 0.6) is 0 Å². The van der Waals surface area contributed by atoms with Gasteiger partial charge in [0.1, 0.15) is 11.6 Å². The highest BCUT2D eigenvalue weighted by molar-refractivity contribution is 9.10. The second kappa shape index (κ2) is 5.12. The van der Waals surface area contributed by atoms with Gasteiger partial charge in [0.15, 0.2) is 0 Å². The van der Waals surface area contributed by atoms with Crippen LogP contribution in [0.15, 0.2) is 34.8 Å². The fourth-order valence-electron chi connectivity index (χ4n) is 1.42. The summed E-state index contributed by atoms with van der Waals surface area (Å²) in [6, 6.07) is 6.89. The molecule has 0 unspecified atom stereocenters. The molecule has 2 aromatic carbocycles. The molecule has 0 aliphatic heterocycles. The molecule has 0 aliphatic carbocycles. The van der Waals surface area contributed by atoms with Crippen LogP contribution < -0.4 is 11.1 Å². The highest BCUT2D eigenvalue weighted by atomic mass is 79.9. The summed E-state index contributed by atoms with van der Waals surface area (Å²) in [6.07, 6.45) is 0. The van der Waals surface area contributed by atoms with E-state index >= 15 is 0 Å². The minimum absolute atomic E-state index is 0.0781. The Kier molecular flexibility index (Phi) is 3.73. The first-order valence-electron chi connectivity index (χ1n) is 4.94. The zero-order valence-electron chi connectivity index (χ0n) is 8.98. The number of para-hydroxylation sites is 1. The number of hydrogen-bond donors (Lipinski definition) is 2. The van der Waals surface area contributed by atoms with Crippen LogP contribution in [0.3, 0.4) is 0 Å². The third-order valence-electron chi connectivity index (χ3n) is 2.31. The van der Waals surface area contributed by atoms with E-state index in [1.165, 1.54) is 12.1 Å². The fraction of sp³-hybridized carbons (Fsp3) is 0. The molecule has 0 fully saturated rings. The molecule has 3 N–H and O–H groups in total. The molecular formula is C12H8BrClF2N2. The SMILES string of the molecule is Nc1cc(Cl)c(F)cc1Nc1c(F)cccc1Br. The number of nitrogen functional groups attached to an aromatic ring is 1. The molecule has 6 heteroatoms. The zero-order valence-corrected chi connectivity index (χ0v) is 11.3. The summed E-state index contributed by atoms with van der Waals surface area (Å²) in [7, 11) is 0. The van der Waals surface area contributed by atoms with Gasteiger partial charge in [-0.3, -0.25) is 0 Å². The summed E-state index contributed by atoms with van der Waals surface area (Å²) in [5.74, 6) is -1.10. The molecular weight excluding hydrogens is 325 g/mol. The van der Waals surface area contributed by atoms with Gasteiger partial charge >= 0.3 is 0 Å². The van der Waals surface area contributed by atoms with Crippen molar-refractivity contribution in [1.82, 2.24) is 0 Å². The topological polar surface area (TPSA) is 38.0 Å². The van der Waals surface area contributed by atoms with E-state index in [0.717, 1.165) is 6.07 Å². The first-order valence-corrected chi connectivity index (χ1v) is 6.11. The minimum atomic E-state index is -0.624. The zero-order chi connectivity index (χ0) is 13.3. The molecule has 0 saturated heterocycles. The van der Waals surface area contributed by atoms with Crippen molar-refractivity contribution >= 4 is 44.6 Å². The van der Waals surface area contributed by atoms with Crippen molar-refractivity contribution < 1.29 is 8.78 Å². The summed E-state index contributed by atoms with van der Waals surface area (Å²) in [5.41, 5.74) is 6.36. The maximum Gasteiger partial charge on any atom is 0.147 e. The van der Waals surface area contributed by atoms with Gasteiger partial charge in [-0.25, -0.2) is 8.78 Å². The summed E-state index contributed by atoms with van der Waals surface area (Å²) in [5, 5.41) is 2.65. The molecule has 0 spiro atoms. The number of halogens is 4. The molecule has 94 valence electrons. The normalized spacial score (nSPS) is 10.4. The Labute approximate surface area is 116 Å². The van der Waals surface area contributed by atoms with Crippen LogP contribution in [-0.2, 0) is 0 Å². The van der Waals surface area contributed by atoms with E-state index in [1.807, 2.05) is 0 Å². The Morgan fingerprint density at radius 3 is 2.56 bits per heavy atom. The number of rotatable bonds is 2. The predicted molar refractivity (Wildman–Crippen MR) is 73.2 cm³/mol. The van der Waals surface area contributed by atoms with Crippen LogP contribution in [0, 0.1) is 11.6 Å². The van der Waals surface area contributed by atoms with E-state index in [9.17, 15) is 8.78 Å². The Hall–Kier alpha value is -1.33. The van der Waals surface area contributed by atoms with Crippen LogP contribution in [0.25, 0.3) is 0 Å². The van der Waals surface area contributed by atoms with E-state index < -0.39 is 11.6 Å². The maximum absolute atomic E-state index is 13.6. The molecule has 18 heavy (non-hydrogen) atoms. The summed E-state index contributed by atoms with van der Waals surface area (Å²) in [4.78, 5) is 0. The van der Waals surface area contributed by atoms with Gasteiger partial charge in [0.25, 0.3) is 0 Å². The third-order valence-corrected chi connectivity index (χ3v) is 3.27. The number of anilines is 3. The van der Waals surface area contributed by atoms with Crippen LogP contribution in [0.2, 0.25) is 5.02 Å². The molecule has 0 amide bonds.